The summed E-state index contributed by atoms with van der Waals surface area (Å²) in [6.07, 6.45) is 0.0865. The first-order chi connectivity index (χ1) is 13.6. The predicted molar refractivity (Wildman–Crippen MR) is 103 cm³/mol. The molecule has 0 saturated heterocycles. The number of hydrogen-bond donors (Lipinski definition) is 1. The van der Waals surface area contributed by atoms with Crippen LogP contribution in [0.5, 0.6) is 0 Å². The molecule has 2 aromatic heterocycles. The second-order valence-electron chi connectivity index (χ2n) is 6.15. The number of fused-ring (bicyclic) bond motifs is 1. The number of benzene rings is 1. The van der Waals surface area contributed by atoms with Crippen LogP contribution in [0.3, 0.4) is 0 Å². The van der Waals surface area contributed by atoms with E-state index in [1.807, 2.05) is 30.3 Å². The number of carbonyl (C=O) groups is 2. The van der Waals surface area contributed by atoms with Crippen molar-refractivity contribution >= 4 is 28.5 Å². The first-order valence-electron chi connectivity index (χ1n) is 8.88. The van der Waals surface area contributed by atoms with Crippen molar-refractivity contribution in [1.29, 1.82) is 0 Å². The molecule has 0 spiro atoms. The van der Waals surface area contributed by atoms with Crippen LogP contribution in [-0.4, -0.2) is 40.2 Å². The van der Waals surface area contributed by atoms with E-state index in [-0.39, 0.29) is 11.6 Å². The maximum absolute atomic E-state index is 12.8. The zero-order chi connectivity index (χ0) is 19.5. The molecule has 2 amide bonds. The van der Waals surface area contributed by atoms with Crippen molar-refractivity contribution < 1.29 is 18.8 Å². The molecule has 1 aliphatic heterocycles. The highest BCUT2D eigenvalue weighted by molar-refractivity contribution is 7.15. The Morgan fingerprint density at radius 2 is 2.14 bits per heavy atom. The lowest BCUT2D eigenvalue weighted by atomic mass is 10.1. The normalized spacial score (nSPS) is 13.1. The Morgan fingerprint density at radius 1 is 1.32 bits per heavy atom. The van der Waals surface area contributed by atoms with Gasteiger partial charge in [0.25, 0.3) is 5.91 Å². The van der Waals surface area contributed by atoms with Crippen molar-refractivity contribution in [2.45, 2.75) is 19.9 Å². The van der Waals surface area contributed by atoms with Crippen LogP contribution >= 0.6 is 11.3 Å². The summed E-state index contributed by atoms with van der Waals surface area (Å²) in [5.74, 6) is 0.366. The van der Waals surface area contributed by atoms with Gasteiger partial charge in [-0.2, -0.15) is 0 Å². The molecule has 0 unspecified atom stereocenters. The topological polar surface area (TPSA) is 97.6 Å². The molecule has 1 aromatic carbocycles. The third kappa shape index (κ3) is 3.74. The summed E-state index contributed by atoms with van der Waals surface area (Å²) in [5.41, 5.74) is 2.04. The zero-order valence-electron chi connectivity index (χ0n) is 15.2. The molecule has 0 atom stereocenters. The lowest BCUT2D eigenvalue weighted by Gasteiger charge is -2.25. The van der Waals surface area contributed by atoms with Gasteiger partial charge < -0.3 is 14.2 Å². The van der Waals surface area contributed by atoms with Crippen LogP contribution in [0.25, 0.3) is 11.3 Å². The molecule has 144 valence electrons. The fraction of sp³-hybridized carbons (Fsp3) is 0.263. The van der Waals surface area contributed by atoms with E-state index in [9.17, 15) is 9.59 Å². The molecule has 0 saturated carbocycles. The second-order valence-corrected chi connectivity index (χ2v) is 7.24. The summed E-state index contributed by atoms with van der Waals surface area (Å²) in [6.45, 7) is 2.98. The molecule has 1 N–H and O–H groups in total. The van der Waals surface area contributed by atoms with Gasteiger partial charge in [-0.3, -0.25) is 10.1 Å². The maximum atomic E-state index is 12.8. The Bertz CT molecular complexity index is 999. The molecule has 9 heteroatoms. The highest BCUT2D eigenvalue weighted by Crippen LogP contribution is 2.29. The minimum Gasteiger partial charge on any atom is -0.450 e. The van der Waals surface area contributed by atoms with E-state index in [0.29, 0.717) is 37.0 Å². The minimum absolute atomic E-state index is 0.190. The van der Waals surface area contributed by atoms with Crippen LogP contribution in [0.4, 0.5) is 9.93 Å². The number of nitrogens with zero attached hydrogens (tertiary/aromatic N) is 3. The second kappa shape index (κ2) is 7.81. The lowest BCUT2D eigenvalue weighted by molar-refractivity contribution is 0.0725. The third-order valence-corrected chi connectivity index (χ3v) is 5.29. The Morgan fingerprint density at radius 3 is 2.93 bits per heavy atom. The fourth-order valence-corrected chi connectivity index (χ4v) is 3.96. The van der Waals surface area contributed by atoms with Gasteiger partial charge in [0.05, 0.1) is 18.8 Å². The van der Waals surface area contributed by atoms with Gasteiger partial charge in [-0.05, 0) is 6.92 Å². The van der Waals surface area contributed by atoms with Gasteiger partial charge in [0.15, 0.2) is 16.6 Å². The Kier molecular flexibility index (Phi) is 5.07. The first-order valence-corrected chi connectivity index (χ1v) is 9.69. The number of aromatic nitrogens is 2. The average molecular weight is 398 g/mol. The molecule has 0 radical (unpaired) electrons. The molecule has 3 aromatic rings. The van der Waals surface area contributed by atoms with Crippen LogP contribution < -0.4 is 5.32 Å². The van der Waals surface area contributed by atoms with Gasteiger partial charge in [-0.15, -0.1) is 0 Å². The standard InChI is InChI=1S/C19H18N4O4S/c1-2-26-19(25)21-18-20-13-8-9-23(11-16(13)28-18)17(24)14-10-15(27-22-14)12-6-4-3-5-7-12/h3-7,10H,2,8-9,11H2,1H3,(H,20,21,25). The van der Waals surface area contributed by atoms with Gasteiger partial charge in [-0.1, -0.05) is 46.8 Å². The predicted octanol–water partition coefficient (Wildman–Crippen LogP) is 3.57. The van der Waals surface area contributed by atoms with Crippen LogP contribution in [0.2, 0.25) is 0 Å². The van der Waals surface area contributed by atoms with E-state index in [4.69, 9.17) is 9.26 Å². The number of amides is 2. The first kappa shape index (κ1) is 18.2. The van der Waals surface area contributed by atoms with Crippen LogP contribution in [0, 0.1) is 0 Å². The summed E-state index contributed by atoms with van der Waals surface area (Å²) in [7, 11) is 0. The monoisotopic (exact) mass is 398 g/mol. The molecule has 0 fully saturated rings. The van der Waals surface area contributed by atoms with E-state index in [1.165, 1.54) is 11.3 Å². The number of rotatable bonds is 4. The van der Waals surface area contributed by atoms with Gasteiger partial charge in [0.2, 0.25) is 0 Å². The van der Waals surface area contributed by atoms with E-state index >= 15 is 0 Å². The SMILES string of the molecule is CCOC(=O)Nc1nc2c(s1)CN(C(=O)c1cc(-c3ccccc3)on1)CC2. The van der Waals surface area contributed by atoms with E-state index in [1.54, 1.807) is 17.9 Å². The highest BCUT2D eigenvalue weighted by atomic mass is 32.1. The van der Waals surface area contributed by atoms with E-state index in [2.05, 4.69) is 15.5 Å². The third-order valence-electron chi connectivity index (χ3n) is 4.29. The highest BCUT2D eigenvalue weighted by Gasteiger charge is 2.27. The van der Waals surface area contributed by atoms with Gasteiger partial charge in [0.1, 0.15) is 0 Å². The van der Waals surface area contributed by atoms with Gasteiger partial charge in [0, 0.05) is 29.5 Å². The number of hydrogen-bond acceptors (Lipinski definition) is 7. The lowest BCUT2D eigenvalue weighted by Crippen LogP contribution is -2.35. The van der Waals surface area contributed by atoms with Crippen molar-refractivity contribution in [2.24, 2.45) is 0 Å². The van der Waals surface area contributed by atoms with Crippen LogP contribution in [0.1, 0.15) is 28.0 Å². The fourth-order valence-electron chi connectivity index (χ4n) is 2.95. The molecule has 0 aliphatic carbocycles. The van der Waals surface area contributed by atoms with Crippen molar-refractivity contribution in [2.75, 3.05) is 18.5 Å². The van der Waals surface area contributed by atoms with Crippen molar-refractivity contribution in [3.05, 3.63) is 52.7 Å². The summed E-state index contributed by atoms with van der Waals surface area (Å²) in [6, 6.07) is 11.2. The largest absolute Gasteiger partial charge is 0.450 e. The summed E-state index contributed by atoms with van der Waals surface area (Å²) in [4.78, 5) is 31.4. The number of ether oxygens (including phenoxy) is 1. The molecule has 8 nitrogen and oxygen atoms in total. The van der Waals surface area contributed by atoms with Crippen molar-refractivity contribution in [3.8, 4) is 11.3 Å². The smallest absolute Gasteiger partial charge is 0.413 e. The van der Waals surface area contributed by atoms with Crippen molar-refractivity contribution in [3.63, 3.8) is 0 Å². The molecule has 28 heavy (non-hydrogen) atoms. The van der Waals surface area contributed by atoms with E-state index in [0.717, 1.165) is 16.1 Å². The van der Waals surface area contributed by atoms with E-state index < -0.39 is 6.09 Å². The molecule has 1 aliphatic rings. The average Bonchev–Trinajstić information content (AvgIpc) is 3.34. The number of anilines is 1. The van der Waals surface area contributed by atoms with Gasteiger partial charge >= 0.3 is 6.09 Å². The van der Waals surface area contributed by atoms with Crippen molar-refractivity contribution in [1.82, 2.24) is 15.0 Å². The number of nitrogens with one attached hydrogen (secondary N) is 1. The summed E-state index contributed by atoms with van der Waals surface area (Å²) in [5, 5.41) is 7.03. The number of thiazole rings is 1. The molecule has 4 rings (SSSR count). The molecular weight excluding hydrogens is 380 g/mol. The molecular formula is C19H18N4O4S. The van der Waals surface area contributed by atoms with Gasteiger partial charge in [-0.25, -0.2) is 9.78 Å². The Balaban J connectivity index is 1.45. The quantitative estimate of drug-likeness (QED) is 0.722. The maximum Gasteiger partial charge on any atom is 0.413 e. The number of carbonyl (C=O) groups excluding carboxylic acids is 2. The summed E-state index contributed by atoms with van der Waals surface area (Å²) >= 11 is 1.35. The molecule has 0 bridgehead atoms. The van der Waals surface area contributed by atoms with Crippen LogP contribution in [0.15, 0.2) is 40.9 Å². The molecule has 3 heterocycles. The Hall–Kier alpha value is -3.20. The summed E-state index contributed by atoms with van der Waals surface area (Å²) < 4.78 is 10.2. The van der Waals surface area contributed by atoms with Crippen LogP contribution in [-0.2, 0) is 17.7 Å². The zero-order valence-corrected chi connectivity index (χ0v) is 16.0. The minimum atomic E-state index is -0.530. The Labute approximate surface area is 165 Å².